The van der Waals surface area contributed by atoms with E-state index >= 15 is 0 Å². The number of amides is 1. The monoisotopic (exact) mass is 433 g/mol. The molecule has 0 aromatic heterocycles. The van der Waals surface area contributed by atoms with Gasteiger partial charge in [0.1, 0.15) is 0 Å². The highest BCUT2D eigenvalue weighted by Crippen LogP contribution is 2.36. The van der Waals surface area contributed by atoms with Gasteiger partial charge in [-0.05, 0) is 24.6 Å². The smallest absolute Gasteiger partial charge is 0.255 e. The van der Waals surface area contributed by atoms with Gasteiger partial charge >= 0.3 is 0 Å². The lowest BCUT2D eigenvalue weighted by Gasteiger charge is -2.24. The van der Waals surface area contributed by atoms with E-state index in [1.54, 1.807) is 0 Å². The average molecular weight is 434 g/mol. The van der Waals surface area contributed by atoms with E-state index in [1.165, 1.54) is 30.0 Å². The second kappa shape index (κ2) is 9.65. The normalized spacial score (nSPS) is 13.5. The molecule has 0 aliphatic heterocycles. The summed E-state index contributed by atoms with van der Waals surface area (Å²) in [6.07, 6.45) is -0.952. The largest absolute Gasteiger partial charge is 0.368 e. The fourth-order valence-electron chi connectivity index (χ4n) is 2.64. The summed E-state index contributed by atoms with van der Waals surface area (Å²) >= 11 is 7.45. The van der Waals surface area contributed by atoms with Crippen LogP contribution in [0.4, 0.5) is 18.9 Å². The molecule has 4 nitrogen and oxygen atoms in total. The van der Waals surface area contributed by atoms with Crippen LogP contribution >= 0.6 is 23.4 Å². The molecule has 0 saturated carbocycles. The van der Waals surface area contributed by atoms with Gasteiger partial charge < -0.3 is 15.5 Å². The van der Waals surface area contributed by atoms with Gasteiger partial charge in [0.15, 0.2) is 23.7 Å². The summed E-state index contributed by atoms with van der Waals surface area (Å²) in [6.45, 7) is 3.64. The molecule has 0 spiro atoms. The minimum atomic E-state index is -1.62. The van der Waals surface area contributed by atoms with E-state index in [2.05, 4.69) is 5.32 Å². The molecule has 1 amide bonds. The Morgan fingerprint density at radius 3 is 2.32 bits per heavy atom. The Kier molecular flexibility index (Phi) is 7.77. The first kappa shape index (κ1) is 22.5. The highest BCUT2D eigenvalue weighted by Gasteiger charge is 2.24. The molecule has 0 fully saturated rings. The third-order valence-electron chi connectivity index (χ3n) is 4.21. The van der Waals surface area contributed by atoms with Crippen LogP contribution in [0, 0.1) is 23.4 Å². The molecule has 2 unspecified atom stereocenters. The number of nitrogens with one attached hydrogen (secondary N) is 1. The average Bonchev–Trinajstić information content (AvgIpc) is 2.61. The van der Waals surface area contributed by atoms with Crippen molar-refractivity contribution in [3.63, 3.8) is 0 Å². The van der Waals surface area contributed by atoms with Crippen molar-refractivity contribution >= 4 is 35.0 Å². The lowest BCUT2D eigenvalue weighted by molar-refractivity contribution is -0.0836. The van der Waals surface area contributed by atoms with Gasteiger partial charge in [-0.2, -0.15) is 0 Å². The number of carbonyl (C=O) groups is 1. The van der Waals surface area contributed by atoms with Crippen LogP contribution in [-0.4, -0.2) is 27.7 Å². The number of hydrogen-bond acceptors (Lipinski definition) is 4. The zero-order valence-corrected chi connectivity index (χ0v) is 16.6. The quantitative estimate of drug-likeness (QED) is 0.332. The molecule has 2 aromatic carbocycles. The molecule has 0 aliphatic carbocycles. The fourth-order valence-corrected chi connectivity index (χ4v) is 4.17. The van der Waals surface area contributed by atoms with Crippen molar-refractivity contribution in [2.75, 3.05) is 5.32 Å². The van der Waals surface area contributed by atoms with Crippen LogP contribution in [0.2, 0.25) is 5.02 Å². The molecule has 0 saturated heterocycles. The Hall–Kier alpha value is -1.74. The summed E-state index contributed by atoms with van der Waals surface area (Å²) in [5.74, 6) is -5.50. The maximum Gasteiger partial charge on any atom is 0.255 e. The summed E-state index contributed by atoms with van der Waals surface area (Å²) in [4.78, 5) is 12.9. The molecule has 28 heavy (non-hydrogen) atoms. The number of carbonyl (C=O) groups excluding carboxylic acids is 1. The van der Waals surface area contributed by atoms with Gasteiger partial charge in [-0.15, -0.1) is 11.8 Å². The fraction of sp³-hybridized carbons (Fsp3) is 0.316. The molecule has 2 aromatic rings. The number of rotatable bonds is 7. The summed E-state index contributed by atoms with van der Waals surface area (Å²) in [7, 11) is 0. The Morgan fingerprint density at radius 2 is 1.79 bits per heavy atom. The first-order valence-corrected chi connectivity index (χ1v) is 9.68. The van der Waals surface area contributed by atoms with E-state index < -0.39 is 35.6 Å². The topological polar surface area (TPSA) is 69.6 Å². The van der Waals surface area contributed by atoms with Gasteiger partial charge in [0.2, 0.25) is 0 Å². The first-order valence-electron chi connectivity index (χ1n) is 8.42. The first-order chi connectivity index (χ1) is 13.1. The molecule has 0 aliphatic rings. The van der Waals surface area contributed by atoms with Crippen molar-refractivity contribution in [2.24, 2.45) is 5.92 Å². The summed E-state index contributed by atoms with van der Waals surface area (Å²) in [6, 6.07) is 5.77. The molecule has 2 atom stereocenters. The van der Waals surface area contributed by atoms with E-state index in [-0.39, 0.29) is 16.5 Å². The SMILES string of the molecule is CCC(C(O)O)C(C)Sc1cc(C(=O)Nc2cc(F)c(F)c(F)c2)ccc1Cl. The summed E-state index contributed by atoms with van der Waals surface area (Å²) in [5, 5.41) is 21.4. The van der Waals surface area contributed by atoms with E-state index in [1.807, 2.05) is 13.8 Å². The standard InChI is InChI=1S/C19H19ClF3NO3S/c1-3-12(19(26)27)9(2)28-16-6-10(4-5-13(16)20)18(25)24-11-7-14(21)17(23)15(22)8-11/h4-9,12,19,26-27H,3H2,1-2H3,(H,24,25). The molecule has 0 heterocycles. The van der Waals surface area contributed by atoms with Crippen LogP contribution in [0.1, 0.15) is 30.6 Å². The van der Waals surface area contributed by atoms with Gasteiger partial charge in [-0.1, -0.05) is 25.4 Å². The Bertz CT molecular complexity index is 843. The van der Waals surface area contributed by atoms with Crippen molar-refractivity contribution < 1.29 is 28.2 Å². The van der Waals surface area contributed by atoms with Crippen LogP contribution < -0.4 is 5.32 Å². The zero-order chi connectivity index (χ0) is 21.0. The van der Waals surface area contributed by atoms with Crippen molar-refractivity contribution in [1.82, 2.24) is 0 Å². The predicted molar refractivity (Wildman–Crippen MR) is 103 cm³/mol. The maximum atomic E-state index is 13.3. The summed E-state index contributed by atoms with van der Waals surface area (Å²) < 4.78 is 39.6. The van der Waals surface area contributed by atoms with Crippen molar-refractivity contribution in [3.05, 3.63) is 58.4 Å². The van der Waals surface area contributed by atoms with Crippen LogP contribution in [-0.2, 0) is 0 Å². The van der Waals surface area contributed by atoms with Gasteiger partial charge in [-0.25, -0.2) is 13.2 Å². The van der Waals surface area contributed by atoms with Crippen molar-refractivity contribution in [1.29, 1.82) is 0 Å². The zero-order valence-electron chi connectivity index (χ0n) is 15.0. The van der Waals surface area contributed by atoms with Gasteiger partial charge in [0.25, 0.3) is 5.91 Å². The van der Waals surface area contributed by atoms with Crippen molar-refractivity contribution in [3.8, 4) is 0 Å². The van der Waals surface area contributed by atoms with Gasteiger partial charge in [0.05, 0.1) is 5.02 Å². The number of thioether (sulfide) groups is 1. The second-order valence-electron chi connectivity index (χ2n) is 6.16. The third-order valence-corrected chi connectivity index (χ3v) is 5.96. The molecule has 0 radical (unpaired) electrons. The van der Waals surface area contributed by atoms with E-state index in [0.29, 0.717) is 28.5 Å². The van der Waals surface area contributed by atoms with Crippen LogP contribution in [0.15, 0.2) is 35.2 Å². The minimum Gasteiger partial charge on any atom is -0.368 e. The molecule has 0 bridgehead atoms. The summed E-state index contributed by atoms with van der Waals surface area (Å²) in [5.41, 5.74) is -0.0600. The lowest BCUT2D eigenvalue weighted by atomic mass is 10.0. The lowest BCUT2D eigenvalue weighted by Crippen LogP contribution is -2.27. The van der Waals surface area contributed by atoms with Crippen molar-refractivity contribution in [2.45, 2.75) is 36.7 Å². The number of aliphatic hydroxyl groups is 2. The Balaban J connectivity index is 2.21. The van der Waals surface area contributed by atoms with Gasteiger partial charge in [-0.3, -0.25) is 4.79 Å². The molecular formula is C19H19ClF3NO3S. The third kappa shape index (κ3) is 5.41. The number of benzene rings is 2. The number of anilines is 1. The molecule has 3 N–H and O–H groups in total. The molecule has 2 rings (SSSR count). The maximum absolute atomic E-state index is 13.3. The van der Waals surface area contributed by atoms with E-state index in [0.717, 1.165) is 0 Å². The van der Waals surface area contributed by atoms with E-state index in [4.69, 9.17) is 11.6 Å². The number of hydrogen-bond donors (Lipinski definition) is 3. The predicted octanol–water partition coefficient (Wildman–Crippen LogP) is 4.83. The number of aliphatic hydroxyl groups excluding tert-OH is 1. The van der Waals surface area contributed by atoms with Crippen LogP contribution in [0.25, 0.3) is 0 Å². The highest BCUT2D eigenvalue weighted by atomic mass is 35.5. The van der Waals surface area contributed by atoms with Crippen LogP contribution in [0.3, 0.4) is 0 Å². The number of halogens is 4. The highest BCUT2D eigenvalue weighted by molar-refractivity contribution is 8.00. The van der Waals surface area contributed by atoms with E-state index in [9.17, 15) is 28.2 Å². The van der Waals surface area contributed by atoms with Gasteiger partial charge in [0, 0.05) is 39.4 Å². The Morgan fingerprint density at radius 1 is 1.18 bits per heavy atom. The molecular weight excluding hydrogens is 415 g/mol. The molecule has 9 heteroatoms. The molecule has 152 valence electrons. The Labute approximate surface area is 169 Å². The second-order valence-corrected chi connectivity index (χ2v) is 7.99. The minimum absolute atomic E-state index is 0.168. The van der Waals surface area contributed by atoms with Crippen LogP contribution in [0.5, 0.6) is 0 Å².